The van der Waals surface area contributed by atoms with Crippen LogP contribution in [-0.2, 0) is 17.8 Å². The van der Waals surface area contributed by atoms with Crippen molar-refractivity contribution in [2.24, 2.45) is 0 Å². The molecule has 0 aliphatic carbocycles. The standard InChI is InChI=1S/C25H30N4O3/c1-32-20-12-10-19(11-13-20)25(31)26-15-14-23-27-21-8-4-5-9-22(21)29(23)18-24(30)28-16-6-2-3-7-17-28/h4-5,8-13H,2-3,6-7,14-18H2,1H3,(H,26,31). The van der Waals surface area contributed by atoms with Crippen molar-refractivity contribution in [1.29, 1.82) is 0 Å². The van der Waals surface area contributed by atoms with Crippen molar-refractivity contribution < 1.29 is 14.3 Å². The summed E-state index contributed by atoms with van der Waals surface area (Å²) in [7, 11) is 1.60. The molecule has 7 nitrogen and oxygen atoms in total. The fraction of sp³-hybridized carbons (Fsp3) is 0.400. The van der Waals surface area contributed by atoms with E-state index in [9.17, 15) is 9.59 Å². The van der Waals surface area contributed by atoms with Crippen molar-refractivity contribution in [2.75, 3.05) is 26.7 Å². The molecule has 168 valence electrons. The number of carbonyl (C=O) groups is 2. The van der Waals surface area contributed by atoms with Crippen molar-refractivity contribution >= 4 is 22.8 Å². The summed E-state index contributed by atoms with van der Waals surface area (Å²) in [5.41, 5.74) is 2.40. The highest BCUT2D eigenvalue weighted by Gasteiger charge is 2.19. The molecule has 2 aromatic carbocycles. The van der Waals surface area contributed by atoms with Crippen molar-refractivity contribution in [3.05, 3.63) is 59.9 Å². The molecular weight excluding hydrogens is 404 g/mol. The summed E-state index contributed by atoms with van der Waals surface area (Å²) in [5.74, 6) is 1.52. The largest absolute Gasteiger partial charge is 0.497 e. The number of imidazole rings is 1. The lowest BCUT2D eigenvalue weighted by atomic mass is 10.2. The Balaban J connectivity index is 1.44. The van der Waals surface area contributed by atoms with Crippen molar-refractivity contribution in [3.8, 4) is 5.75 Å². The summed E-state index contributed by atoms with van der Waals surface area (Å²) in [6, 6.07) is 14.9. The Hall–Kier alpha value is -3.35. The van der Waals surface area contributed by atoms with Gasteiger partial charge in [0, 0.05) is 31.6 Å². The third kappa shape index (κ3) is 5.10. The van der Waals surface area contributed by atoms with E-state index in [1.54, 1.807) is 31.4 Å². The van der Waals surface area contributed by atoms with Gasteiger partial charge in [0.1, 0.15) is 18.1 Å². The van der Waals surface area contributed by atoms with Gasteiger partial charge in [0.15, 0.2) is 0 Å². The number of hydrogen-bond donors (Lipinski definition) is 1. The molecule has 1 aliphatic rings. The molecule has 0 bridgehead atoms. The highest BCUT2D eigenvalue weighted by Crippen LogP contribution is 2.18. The molecule has 7 heteroatoms. The molecule has 2 amide bonds. The zero-order valence-electron chi connectivity index (χ0n) is 18.5. The molecule has 0 atom stereocenters. The van der Waals surface area contributed by atoms with Gasteiger partial charge in [0.25, 0.3) is 5.91 Å². The number of methoxy groups -OCH3 is 1. The fourth-order valence-electron chi connectivity index (χ4n) is 4.18. The van der Waals surface area contributed by atoms with Crippen LogP contribution >= 0.6 is 0 Å². The van der Waals surface area contributed by atoms with Crippen LogP contribution in [0.4, 0.5) is 0 Å². The topological polar surface area (TPSA) is 76.5 Å². The van der Waals surface area contributed by atoms with Gasteiger partial charge >= 0.3 is 0 Å². The second kappa shape index (κ2) is 10.3. The second-order valence-electron chi connectivity index (χ2n) is 8.13. The Kier molecular flexibility index (Phi) is 7.04. The number of benzene rings is 2. The van der Waals surface area contributed by atoms with Gasteiger partial charge in [-0.15, -0.1) is 0 Å². The highest BCUT2D eigenvalue weighted by molar-refractivity contribution is 5.94. The smallest absolute Gasteiger partial charge is 0.251 e. The number of fused-ring (bicyclic) bond motifs is 1. The first-order valence-corrected chi connectivity index (χ1v) is 11.3. The van der Waals surface area contributed by atoms with E-state index in [4.69, 9.17) is 9.72 Å². The van der Waals surface area contributed by atoms with E-state index in [1.807, 2.05) is 33.7 Å². The molecule has 1 aliphatic heterocycles. The maximum atomic E-state index is 13.0. The van der Waals surface area contributed by atoms with E-state index in [1.165, 1.54) is 12.8 Å². The monoisotopic (exact) mass is 434 g/mol. The molecule has 32 heavy (non-hydrogen) atoms. The number of hydrogen-bond acceptors (Lipinski definition) is 4. The maximum Gasteiger partial charge on any atom is 0.251 e. The number of nitrogens with zero attached hydrogens (tertiary/aromatic N) is 3. The first-order chi connectivity index (χ1) is 15.7. The van der Waals surface area contributed by atoms with Gasteiger partial charge in [-0.25, -0.2) is 4.98 Å². The van der Waals surface area contributed by atoms with Crippen LogP contribution < -0.4 is 10.1 Å². The van der Waals surface area contributed by atoms with Gasteiger partial charge in [-0.3, -0.25) is 9.59 Å². The van der Waals surface area contributed by atoms with E-state index in [-0.39, 0.29) is 18.4 Å². The van der Waals surface area contributed by atoms with Gasteiger partial charge in [0.05, 0.1) is 18.1 Å². The van der Waals surface area contributed by atoms with E-state index in [0.29, 0.717) is 24.3 Å². The van der Waals surface area contributed by atoms with E-state index >= 15 is 0 Å². The average Bonchev–Trinajstić information content (AvgIpc) is 2.98. The molecule has 1 saturated heterocycles. The van der Waals surface area contributed by atoms with Crippen LogP contribution in [0.25, 0.3) is 11.0 Å². The molecule has 0 unspecified atom stereocenters. The van der Waals surface area contributed by atoms with Crippen LogP contribution in [0.1, 0.15) is 41.9 Å². The van der Waals surface area contributed by atoms with Crippen LogP contribution in [0.3, 0.4) is 0 Å². The molecule has 1 fully saturated rings. The van der Waals surface area contributed by atoms with Gasteiger partial charge in [-0.2, -0.15) is 0 Å². The van der Waals surface area contributed by atoms with Crippen LogP contribution in [0, 0.1) is 0 Å². The Morgan fingerprint density at radius 3 is 2.44 bits per heavy atom. The minimum absolute atomic E-state index is 0.138. The lowest BCUT2D eigenvalue weighted by Gasteiger charge is -2.21. The third-order valence-corrected chi connectivity index (χ3v) is 5.97. The molecule has 0 spiro atoms. The number of amides is 2. The molecule has 1 aromatic heterocycles. The number of aromatic nitrogens is 2. The summed E-state index contributed by atoms with van der Waals surface area (Å²) < 4.78 is 7.14. The molecular formula is C25H30N4O3. The second-order valence-corrected chi connectivity index (χ2v) is 8.13. The summed E-state index contributed by atoms with van der Waals surface area (Å²) >= 11 is 0. The van der Waals surface area contributed by atoms with Gasteiger partial charge in [-0.1, -0.05) is 25.0 Å². The minimum atomic E-state index is -0.143. The van der Waals surface area contributed by atoms with Crippen molar-refractivity contribution in [1.82, 2.24) is 19.8 Å². The molecule has 4 rings (SSSR count). The summed E-state index contributed by atoms with van der Waals surface area (Å²) in [6.07, 6.45) is 5.07. The minimum Gasteiger partial charge on any atom is -0.497 e. The van der Waals surface area contributed by atoms with Crippen molar-refractivity contribution in [3.63, 3.8) is 0 Å². The number of ether oxygens (including phenoxy) is 1. The normalized spacial score (nSPS) is 14.2. The zero-order valence-corrected chi connectivity index (χ0v) is 18.5. The third-order valence-electron chi connectivity index (χ3n) is 5.97. The Morgan fingerprint density at radius 2 is 1.72 bits per heavy atom. The predicted molar refractivity (Wildman–Crippen MR) is 124 cm³/mol. The fourth-order valence-corrected chi connectivity index (χ4v) is 4.18. The van der Waals surface area contributed by atoms with E-state index in [2.05, 4.69) is 5.32 Å². The first-order valence-electron chi connectivity index (χ1n) is 11.3. The van der Waals surface area contributed by atoms with Crippen LogP contribution in [0.15, 0.2) is 48.5 Å². The number of nitrogens with one attached hydrogen (secondary N) is 1. The Labute approximate surface area is 188 Å². The Bertz CT molecular complexity index is 1070. The lowest BCUT2D eigenvalue weighted by molar-refractivity contribution is -0.131. The van der Waals surface area contributed by atoms with Gasteiger partial charge < -0.3 is 19.5 Å². The summed E-state index contributed by atoms with van der Waals surface area (Å²) in [5, 5.41) is 2.95. The molecule has 2 heterocycles. The van der Waals surface area contributed by atoms with Gasteiger partial charge in [-0.05, 0) is 49.2 Å². The maximum absolute atomic E-state index is 13.0. The van der Waals surface area contributed by atoms with Crippen LogP contribution in [0.2, 0.25) is 0 Å². The molecule has 3 aromatic rings. The van der Waals surface area contributed by atoms with E-state index in [0.717, 1.165) is 42.8 Å². The number of likely N-dealkylation sites (tertiary alicyclic amines) is 1. The highest BCUT2D eigenvalue weighted by atomic mass is 16.5. The molecule has 0 saturated carbocycles. The first kappa shape index (κ1) is 21.9. The SMILES string of the molecule is COc1ccc(C(=O)NCCc2nc3ccccc3n2CC(=O)N2CCCCCC2)cc1. The molecule has 1 N–H and O–H groups in total. The van der Waals surface area contributed by atoms with Crippen LogP contribution in [-0.4, -0.2) is 53.0 Å². The number of rotatable bonds is 7. The van der Waals surface area contributed by atoms with E-state index < -0.39 is 0 Å². The Morgan fingerprint density at radius 1 is 1.00 bits per heavy atom. The number of carbonyl (C=O) groups excluding carboxylic acids is 2. The summed E-state index contributed by atoms with van der Waals surface area (Å²) in [6.45, 7) is 2.38. The number of para-hydroxylation sites is 2. The zero-order chi connectivity index (χ0) is 22.3. The van der Waals surface area contributed by atoms with Crippen molar-refractivity contribution in [2.45, 2.75) is 38.6 Å². The average molecular weight is 435 g/mol. The lowest BCUT2D eigenvalue weighted by Crippen LogP contribution is -2.35. The summed E-state index contributed by atoms with van der Waals surface area (Å²) in [4.78, 5) is 32.2. The molecule has 0 radical (unpaired) electrons. The van der Waals surface area contributed by atoms with Gasteiger partial charge in [0.2, 0.25) is 5.91 Å². The quantitative estimate of drug-likeness (QED) is 0.618. The van der Waals surface area contributed by atoms with Crippen LogP contribution in [0.5, 0.6) is 5.75 Å². The predicted octanol–water partition coefficient (Wildman–Crippen LogP) is 3.42.